The van der Waals surface area contributed by atoms with Gasteiger partial charge in [0, 0.05) is 12.6 Å². The van der Waals surface area contributed by atoms with Crippen LogP contribution in [0.25, 0.3) is 0 Å². The van der Waals surface area contributed by atoms with E-state index in [2.05, 4.69) is 12.2 Å². The molecule has 0 aliphatic carbocycles. The van der Waals surface area contributed by atoms with Gasteiger partial charge in [-0.1, -0.05) is 26.8 Å². The Kier molecular flexibility index (Phi) is 6.67. The minimum atomic E-state index is -0.530. The zero-order chi connectivity index (χ0) is 14.3. The minimum absolute atomic E-state index is 0.252. The van der Waals surface area contributed by atoms with E-state index in [1.807, 2.05) is 32.0 Å². The largest absolute Gasteiger partial charge is 0.493 e. The molecule has 0 amide bonds. The minimum Gasteiger partial charge on any atom is -0.493 e. The molecule has 0 saturated carbocycles. The molecule has 19 heavy (non-hydrogen) atoms. The summed E-state index contributed by atoms with van der Waals surface area (Å²) in [5.74, 6) is 1.38. The van der Waals surface area contributed by atoms with E-state index in [1.165, 1.54) is 5.56 Å². The van der Waals surface area contributed by atoms with Crippen molar-refractivity contribution in [1.82, 2.24) is 5.32 Å². The van der Waals surface area contributed by atoms with Crippen LogP contribution in [0, 0.1) is 0 Å². The first-order valence-electron chi connectivity index (χ1n) is 6.78. The number of aliphatic hydroxyl groups is 1. The summed E-state index contributed by atoms with van der Waals surface area (Å²) < 4.78 is 10.9. The zero-order valence-electron chi connectivity index (χ0n) is 12.3. The van der Waals surface area contributed by atoms with Crippen LogP contribution in [-0.2, 0) is 6.42 Å². The Morgan fingerprint density at radius 2 is 2.00 bits per heavy atom. The summed E-state index contributed by atoms with van der Waals surface area (Å²) in [4.78, 5) is 0. The summed E-state index contributed by atoms with van der Waals surface area (Å²) in [7, 11) is 1.62. The van der Waals surface area contributed by atoms with Crippen LogP contribution in [0.5, 0.6) is 11.5 Å². The molecule has 0 spiro atoms. The molecule has 1 unspecified atom stereocenters. The maximum Gasteiger partial charge on any atom is 0.161 e. The average Bonchev–Trinajstić information content (AvgIpc) is 2.42. The van der Waals surface area contributed by atoms with E-state index >= 15 is 0 Å². The van der Waals surface area contributed by atoms with E-state index in [0.29, 0.717) is 24.1 Å². The Hall–Kier alpha value is -1.26. The first-order valence-corrected chi connectivity index (χ1v) is 6.78. The molecule has 0 aliphatic rings. The van der Waals surface area contributed by atoms with Crippen molar-refractivity contribution in [3.8, 4) is 11.5 Å². The Labute approximate surface area is 115 Å². The molecule has 4 nitrogen and oxygen atoms in total. The lowest BCUT2D eigenvalue weighted by Gasteiger charge is -2.16. The van der Waals surface area contributed by atoms with Crippen LogP contribution in [-0.4, -0.2) is 37.5 Å². The fourth-order valence-electron chi connectivity index (χ4n) is 1.67. The van der Waals surface area contributed by atoms with Gasteiger partial charge >= 0.3 is 0 Å². The SMILES string of the molecule is CCc1ccc(OCC(O)CNC(C)C)c(OC)c1. The standard InChI is InChI=1S/C15H25NO3/c1-5-12-6-7-14(15(8-12)18-4)19-10-13(17)9-16-11(2)3/h6-8,11,13,16-17H,5,9-10H2,1-4H3. The van der Waals surface area contributed by atoms with Crippen molar-refractivity contribution in [2.45, 2.75) is 39.3 Å². The molecule has 0 aromatic heterocycles. The average molecular weight is 267 g/mol. The van der Waals surface area contributed by atoms with Crippen LogP contribution in [0.1, 0.15) is 26.3 Å². The van der Waals surface area contributed by atoms with Gasteiger partial charge in [0.25, 0.3) is 0 Å². The number of benzene rings is 1. The lowest BCUT2D eigenvalue weighted by atomic mass is 10.1. The van der Waals surface area contributed by atoms with Gasteiger partial charge < -0.3 is 19.9 Å². The summed E-state index contributed by atoms with van der Waals surface area (Å²) in [6, 6.07) is 6.22. The van der Waals surface area contributed by atoms with Gasteiger partial charge in [0.2, 0.25) is 0 Å². The molecular formula is C15H25NO3. The van der Waals surface area contributed by atoms with Gasteiger partial charge in [-0.05, 0) is 24.1 Å². The molecule has 0 heterocycles. The lowest BCUT2D eigenvalue weighted by molar-refractivity contribution is 0.103. The van der Waals surface area contributed by atoms with E-state index in [1.54, 1.807) is 7.11 Å². The van der Waals surface area contributed by atoms with Crippen LogP contribution in [0.15, 0.2) is 18.2 Å². The highest BCUT2D eigenvalue weighted by atomic mass is 16.5. The molecule has 108 valence electrons. The number of hydrogen-bond acceptors (Lipinski definition) is 4. The Bertz CT molecular complexity index is 380. The summed E-state index contributed by atoms with van der Waals surface area (Å²) in [5, 5.41) is 13.0. The number of hydrogen-bond donors (Lipinski definition) is 2. The van der Waals surface area contributed by atoms with Crippen molar-refractivity contribution in [3.05, 3.63) is 23.8 Å². The molecule has 1 aromatic rings. The van der Waals surface area contributed by atoms with Crippen LogP contribution in [0.4, 0.5) is 0 Å². The van der Waals surface area contributed by atoms with Gasteiger partial charge in [-0.2, -0.15) is 0 Å². The van der Waals surface area contributed by atoms with Crippen molar-refractivity contribution < 1.29 is 14.6 Å². The molecule has 4 heteroatoms. The third-order valence-corrected chi connectivity index (χ3v) is 2.83. The van der Waals surface area contributed by atoms with E-state index in [4.69, 9.17) is 9.47 Å². The summed E-state index contributed by atoms with van der Waals surface area (Å²) in [6.07, 6.45) is 0.426. The summed E-state index contributed by atoms with van der Waals surface area (Å²) in [5.41, 5.74) is 1.20. The van der Waals surface area contributed by atoms with Crippen molar-refractivity contribution in [2.24, 2.45) is 0 Å². The lowest BCUT2D eigenvalue weighted by Crippen LogP contribution is -2.35. The van der Waals surface area contributed by atoms with Crippen molar-refractivity contribution in [2.75, 3.05) is 20.3 Å². The van der Waals surface area contributed by atoms with Crippen LogP contribution >= 0.6 is 0 Å². The van der Waals surface area contributed by atoms with Gasteiger partial charge in [-0.15, -0.1) is 0 Å². The fraction of sp³-hybridized carbons (Fsp3) is 0.600. The highest BCUT2D eigenvalue weighted by Crippen LogP contribution is 2.28. The molecule has 1 rings (SSSR count). The van der Waals surface area contributed by atoms with Gasteiger partial charge in [0.1, 0.15) is 12.7 Å². The number of aliphatic hydroxyl groups excluding tert-OH is 1. The third kappa shape index (κ3) is 5.49. The number of aryl methyl sites for hydroxylation is 1. The van der Waals surface area contributed by atoms with E-state index in [-0.39, 0.29) is 6.61 Å². The Morgan fingerprint density at radius 3 is 2.58 bits per heavy atom. The summed E-state index contributed by atoms with van der Waals surface area (Å²) >= 11 is 0. The predicted molar refractivity (Wildman–Crippen MR) is 77.0 cm³/mol. The van der Waals surface area contributed by atoms with E-state index in [0.717, 1.165) is 6.42 Å². The van der Waals surface area contributed by atoms with E-state index in [9.17, 15) is 5.11 Å². The molecular weight excluding hydrogens is 242 g/mol. The highest BCUT2D eigenvalue weighted by molar-refractivity contribution is 5.42. The fourth-order valence-corrected chi connectivity index (χ4v) is 1.67. The van der Waals surface area contributed by atoms with Crippen LogP contribution in [0.2, 0.25) is 0 Å². The molecule has 1 atom stereocenters. The van der Waals surface area contributed by atoms with Gasteiger partial charge in [0.05, 0.1) is 7.11 Å². The van der Waals surface area contributed by atoms with Crippen LogP contribution in [0.3, 0.4) is 0 Å². The normalized spacial score (nSPS) is 12.5. The number of rotatable bonds is 8. The van der Waals surface area contributed by atoms with Gasteiger partial charge in [-0.3, -0.25) is 0 Å². The number of nitrogens with one attached hydrogen (secondary N) is 1. The van der Waals surface area contributed by atoms with Crippen LogP contribution < -0.4 is 14.8 Å². The summed E-state index contributed by atoms with van der Waals surface area (Å²) in [6.45, 7) is 6.95. The number of methoxy groups -OCH3 is 1. The topological polar surface area (TPSA) is 50.7 Å². The van der Waals surface area contributed by atoms with Gasteiger partial charge in [0.15, 0.2) is 11.5 Å². The second-order valence-electron chi connectivity index (χ2n) is 4.87. The second kappa shape index (κ2) is 8.02. The maximum atomic E-state index is 9.80. The molecule has 0 saturated heterocycles. The highest BCUT2D eigenvalue weighted by Gasteiger charge is 2.09. The predicted octanol–water partition coefficient (Wildman–Crippen LogP) is 2.00. The van der Waals surface area contributed by atoms with E-state index < -0.39 is 6.10 Å². The van der Waals surface area contributed by atoms with Crippen molar-refractivity contribution >= 4 is 0 Å². The monoisotopic (exact) mass is 267 g/mol. The Balaban J connectivity index is 2.52. The first-order chi connectivity index (χ1) is 9.06. The molecule has 1 aromatic carbocycles. The van der Waals surface area contributed by atoms with Gasteiger partial charge in [-0.25, -0.2) is 0 Å². The second-order valence-corrected chi connectivity index (χ2v) is 4.87. The van der Waals surface area contributed by atoms with Crippen molar-refractivity contribution in [3.63, 3.8) is 0 Å². The quantitative estimate of drug-likeness (QED) is 0.756. The molecule has 0 fully saturated rings. The smallest absolute Gasteiger partial charge is 0.161 e. The first kappa shape index (κ1) is 15.8. The maximum absolute atomic E-state index is 9.80. The zero-order valence-corrected chi connectivity index (χ0v) is 12.3. The van der Waals surface area contributed by atoms with Crippen molar-refractivity contribution in [1.29, 1.82) is 0 Å². The molecule has 0 aliphatic heterocycles. The number of ether oxygens (including phenoxy) is 2. The molecule has 0 bridgehead atoms. The molecule has 0 radical (unpaired) electrons. The third-order valence-electron chi connectivity index (χ3n) is 2.83. The molecule has 2 N–H and O–H groups in total. The Morgan fingerprint density at radius 1 is 1.26 bits per heavy atom.